The molecule has 0 spiro atoms. The van der Waals surface area contributed by atoms with Gasteiger partial charge in [0.25, 0.3) is 0 Å². The number of phosphoric acid groups is 1. The summed E-state index contributed by atoms with van der Waals surface area (Å²) in [5, 5.41) is 0. The second-order valence-electron chi connectivity index (χ2n) is 13.1. The number of esters is 2. The van der Waals surface area contributed by atoms with E-state index in [2.05, 4.69) is 98.9 Å². The van der Waals surface area contributed by atoms with Crippen LogP contribution in [0.15, 0.2) is 97.2 Å². The standard InChI is InChI=1S/C45H74NO8P/c1-3-5-7-9-11-13-15-17-19-20-21-22-24-26-28-30-32-34-36-38-45(48)54-43(42-53-55(49,50)52-40-39-46)41-51-44(47)37-35-33-31-29-27-25-23-18-16-14-12-10-8-6-4-2/h11-14,17-19,21-23,26-29,32,34,43H,3-10,15-16,20,24-25,30-31,33,35-42,46H2,1-2H3,(H,49,50)/t43-/m1/s1. The first kappa shape index (κ1) is 51.9. The van der Waals surface area contributed by atoms with Crippen LogP contribution in [-0.4, -0.2) is 49.3 Å². The quantitative estimate of drug-likeness (QED) is 0.0273. The van der Waals surface area contributed by atoms with E-state index in [9.17, 15) is 19.0 Å². The van der Waals surface area contributed by atoms with E-state index in [1.807, 2.05) is 12.2 Å². The molecule has 9 nitrogen and oxygen atoms in total. The number of unbranched alkanes of at least 4 members (excludes halogenated alkanes) is 8. The van der Waals surface area contributed by atoms with Crippen LogP contribution in [0.4, 0.5) is 0 Å². The molecule has 10 heteroatoms. The molecule has 0 bridgehead atoms. The molecule has 2 atom stereocenters. The monoisotopic (exact) mass is 788 g/mol. The highest BCUT2D eigenvalue weighted by molar-refractivity contribution is 7.47. The summed E-state index contributed by atoms with van der Waals surface area (Å²) in [6, 6.07) is 0. The molecule has 0 saturated heterocycles. The maximum Gasteiger partial charge on any atom is 0.472 e. The van der Waals surface area contributed by atoms with E-state index in [-0.39, 0.29) is 32.6 Å². The van der Waals surface area contributed by atoms with Crippen molar-refractivity contribution in [3.8, 4) is 0 Å². The zero-order valence-corrected chi connectivity index (χ0v) is 35.0. The number of ether oxygens (including phenoxy) is 2. The summed E-state index contributed by atoms with van der Waals surface area (Å²) in [7, 11) is -4.41. The fraction of sp³-hybridized carbons (Fsp3) is 0.600. The van der Waals surface area contributed by atoms with Gasteiger partial charge < -0.3 is 20.1 Å². The molecule has 0 radical (unpaired) electrons. The van der Waals surface area contributed by atoms with Gasteiger partial charge >= 0.3 is 19.8 Å². The molecule has 312 valence electrons. The minimum Gasteiger partial charge on any atom is -0.462 e. The summed E-state index contributed by atoms with van der Waals surface area (Å²) in [6.45, 7) is 3.51. The van der Waals surface area contributed by atoms with E-state index in [1.165, 1.54) is 44.9 Å². The highest BCUT2D eigenvalue weighted by atomic mass is 31.2. The normalized spacial score (nSPS) is 14.3. The van der Waals surface area contributed by atoms with E-state index < -0.39 is 32.5 Å². The molecule has 0 amide bonds. The summed E-state index contributed by atoms with van der Waals surface area (Å²) in [5.41, 5.74) is 5.33. The van der Waals surface area contributed by atoms with Crippen LogP contribution in [0.5, 0.6) is 0 Å². The third-order valence-electron chi connectivity index (χ3n) is 7.96. The zero-order valence-electron chi connectivity index (χ0n) is 34.1. The lowest BCUT2D eigenvalue weighted by atomic mass is 10.1. The largest absolute Gasteiger partial charge is 0.472 e. The highest BCUT2D eigenvalue weighted by Gasteiger charge is 2.25. The number of hydrogen-bond donors (Lipinski definition) is 2. The molecule has 0 aliphatic rings. The Kier molecular flexibility index (Phi) is 38.3. The van der Waals surface area contributed by atoms with Crippen LogP contribution in [0.3, 0.4) is 0 Å². The maximum absolute atomic E-state index is 12.5. The molecule has 0 aliphatic heterocycles. The summed E-state index contributed by atoms with van der Waals surface area (Å²) >= 11 is 0. The first-order valence-corrected chi connectivity index (χ1v) is 22.2. The van der Waals surface area contributed by atoms with Crippen molar-refractivity contribution < 1.29 is 37.6 Å². The number of allylic oxidation sites excluding steroid dienone is 16. The van der Waals surface area contributed by atoms with E-state index >= 15 is 0 Å². The van der Waals surface area contributed by atoms with Crippen LogP contribution >= 0.6 is 7.82 Å². The van der Waals surface area contributed by atoms with E-state index in [0.29, 0.717) is 12.8 Å². The van der Waals surface area contributed by atoms with E-state index in [4.69, 9.17) is 24.3 Å². The minimum atomic E-state index is -4.41. The van der Waals surface area contributed by atoms with Crippen molar-refractivity contribution in [3.63, 3.8) is 0 Å². The molecule has 0 saturated carbocycles. The summed E-state index contributed by atoms with van der Waals surface area (Å²) in [6.07, 6.45) is 51.7. The highest BCUT2D eigenvalue weighted by Crippen LogP contribution is 2.43. The first-order valence-electron chi connectivity index (χ1n) is 20.7. The Hall–Kier alpha value is -3.07. The average Bonchev–Trinajstić information content (AvgIpc) is 3.17. The topological polar surface area (TPSA) is 134 Å². The number of hydrogen-bond acceptors (Lipinski definition) is 8. The number of nitrogens with two attached hydrogens (primary N) is 1. The lowest BCUT2D eigenvalue weighted by molar-refractivity contribution is -0.161. The van der Waals surface area contributed by atoms with Crippen molar-refractivity contribution >= 4 is 19.8 Å². The second-order valence-corrected chi connectivity index (χ2v) is 14.6. The SMILES string of the molecule is CCCCCC=CCC=CCC=CCC=CCC=CCCC(=O)O[C@H](COC(=O)CCCCC=CCC=CCC=CCCCCC)COP(=O)(O)OCCN. The van der Waals surface area contributed by atoms with Gasteiger partial charge in [0.1, 0.15) is 6.61 Å². The van der Waals surface area contributed by atoms with Gasteiger partial charge in [-0.25, -0.2) is 4.57 Å². The fourth-order valence-electron chi connectivity index (χ4n) is 4.86. The third-order valence-corrected chi connectivity index (χ3v) is 8.94. The Bertz CT molecular complexity index is 1220. The maximum atomic E-state index is 12.5. The van der Waals surface area contributed by atoms with Gasteiger partial charge in [0.2, 0.25) is 0 Å². The predicted octanol–water partition coefficient (Wildman–Crippen LogP) is 11.8. The van der Waals surface area contributed by atoms with Gasteiger partial charge in [0.15, 0.2) is 6.10 Å². The molecule has 0 aromatic rings. The molecule has 3 N–H and O–H groups in total. The van der Waals surface area contributed by atoms with Gasteiger partial charge in [0, 0.05) is 19.4 Å². The minimum absolute atomic E-state index is 0.0316. The summed E-state index contributed by atoms with van der Waals surface area (Å²) in [4.78, 5) is 34.8. The van der Waals surface area contributed by atoms with Crippen LogP contribution in [0, 0.1) is 0 Å². The van der Waals surface area contributed by atoms with Gasteiger partial charge in [0.05, 0.1) is 13.2 Å². The fourth-order valence-corrected chi connectivity index (χ4v) is 5.62. The second kappa shape index (κ2) is 40.6. The Morgan fingerprint density at radius 1 is 0.545 bits per heavy atom. The van der Waals surface area contributed by atoms with Crippen LogP contribution in [0.2, 0.25) is 0 Å². The van der Waals surface area contributed by atoms with Gasteiger partial charge in [-0.1, -0.05) is 137 Å². The van der Waals surface area contributed by atoms with Gasteiger partial charge in [-0.15, -0.1) is 0 Å². The summed E-state index contributed by atoms with van der Waals surface area (Å²) < 4.78 is 32.6. The van der Waals surface area contributed by atoms with Crippen LogP contribution in [0.25, 0.3) is 0 Å². The van der Waals surface area contributed by atoms with Crippen molar-refractivity contribution in [2.75, 3.05) is 26.4 Å². The van der Waals surface area contributed by atoms with Gasteiger partial charge in [-0.2, -0.15) is 0 Å². The van der Waals surface area contributed by atoms with Crippen LogP contribution in [0.1, 0.15) is 142 Å². The number of carbonyl (C=O) groups excluding carboxylic acids is 2. The van der Waals surface area contributed by atoms with Crippen molar-refractivity contribution in [1.82, 2.24) is 0 Å². The summed E-state index contributed by atoms with van der Waals surface area (Å²) in [5.74, 6) is -0.981. The lowest BCUT2D eigenvalue weighted by Gasteiger charge is -2.19. The average molecular weight is 788 g/mol. The smallest absolute Gasteiger partial charge is 0.462 e. The molecule has 1 unspecified atom stereocenters. The van der Waals surface area contributed by atoms with Crippen LogP contribution in [-0.2, 0) is 32.7 Å². The Morgan fingerprint density at radius 3 is 1.40 bits per heavy atom. The molecule has 0 fully saturated rings. The first-order chi connectivity index (χ1) is 26.8. The van der Waals surface area contributed by atoms with Crippen molar-refractivity contribution in [3.05, 3.63) is 97.2 Å². The third kappa shape index (κ3) is 40.4. The number of carbonyl (C=O) groups is 2. The van der Waals surface area contributed by atoms with Crippen molar-refractivity contribution in [1.29, 1.82) is 0 Å². The van der Waals surface area contributed by atoms with Crippen molar-refractivity contribution in [2.45, 2.75) is 148 Å². The molecule has 0 aliphatic carbocycles. The molecular weight excluding hydrogens is 713 g/mol. The van der Waals surface area contributed by atoms with Crippen molar-refractivity contribution in [2.24, 2.45) is 5.73 Å². The molecular formula is C45H74NO8P. The molecule has 0 aromatic carbocycles. The lowest BCUT2D eigenvalue weighted by Crippen LogP contribution is -2.29. The number of phosphoric ester groups is 1. The molecule has 55 heavy (non-hydrogen) atoms. The van der Waals surface area contributed by atoms with E-state index in [1.54, 1.807) is 0 Å². The van der Waals surface area contributed by atoms with E-state index in [0.717, 1.165) is 57.8 Å². The Morgan fingerprint density at radius 2 is 0.964 bits per heavy atom. The molecule has 0 aromatic heterocycles. The Balaban J connectivity index is 4.41. The predicted molar refractivity (Wildman–Crippen MR) is 228 cm³/mol. The zero-order chi connectivity index (χ0) is 40.3. The molecule has 0 rings (SSSR count). The molecule has 0 heterocycles. The van der Waals surface area contributed by atoms with Gasteiger partial charge in [-0.3, -0.25) is 18.6 Å². The Labute approximate surface area is 334 Å². The van der Waals surface area contributed by atoms with Gasteiger partial charge in [-0.05, 0) is 89.9 Å². The number of rotatable bonds is 37. The van der Waals surface area contributed by atoms with Crippen LogP contribution < -0.4 is 5.73 Å².